The molecule has 0 saturated carbocycles. The standard InChI is InChI=1S/C22H49N3/c1-4-7-9-11-13-15-17-19-21-23-25(6-3)24-22-20-18-16-14-12-10-8-5-2/h23-24H,4-22H2,1-3H3. The number of nitrogens with one attached hydrogen (secondary N) is 2. The van der Waals surface area contributed by atoms with E-state index in [4.69, 9.17) is 0 Å². The van der Waals surface area contributed by atoms with Crippen molar-refractivity contribution in [2.45, 2.75) is 124 Å². The molecule has 0 aromatic heterocycles. The highest BCUT2D eigenvalue weighted by Crippen LogP contribution is 2.08. The number of hydrogen-bond acceptors (Lipinski definition) is 3. The van der Waals surface area contributed by atoms with Crippen LogP contribution in [-0.4, -0.2) is 24.8 Å². The molecule has 0 aliphatic carbocycles. The molecule has 0 rings (SSSR count). The molecule has 0 amide bonds. The van der Waals surface area contributed by atoms with Gasteiger partial charge in [0.2, 0.25) is 0 Å². The lowest BCUT2D eigenvalue weighted by molar-refractivity contribution is 0.120. The quantitative estimate of drug-likeness (QED) is 0.179. The Morgan fingerprint density at radius 3 is 1.08 bits per heavy atom. The molecule has 152 valence electrons. The smallest absolute Gasteiger partial charge is 0.0259 e. The van der Waals surface area contributed by atoms with Crippen molar-refractivity contribution in [2.24, 2.45) is 0 Å². The van der Waals surface area contributed by atoms with E-state index in [0.29, 0.717) is 0 Å². The molecule has 0 saturated heterocycles. The predicted octanol–water partition coefficient (Wildman–Crippen LogP) is 6.60. The second-order valence-electron chi connectivity index (χ2n) is 7.51. The highest BCUT2D eigenvalue weighted by atomic mass is 15.7. The third kappa shape index (κ3) is 20.0. The number of rotatable bonds is 21. The van der Waals surface area contributed by atoms with Crippen molar-refractivity contribution in [2.75, 3.05) is 19.6 Å². The third-order valence-electron chi connectivity index (χ3n) is 4.98. The minimum atomic E-state index is 1.02. The van der Waals surface area contributed by atoms with Crippen LogP contribution in [-0.2, 0) is 0 Å². The first-order chi connectivity index (χ1) is 12.3. The molecule has 0 unspecified atom stereocenters. The molecule has 0 radical (unpaired) electrons. The van der Waals surface area contributed by atoms with Crippen LogP contribution in [0.4, 0.5) is 0 Å². The first-order valence-corrected chi connectivity index (χ1v) is 11.6. The molecule has 0 bridgehead atoms. The molecule has 0 aromatic rings. The average Bonchev–Trinajstić information content (AvgIpc) is 2.63. The number of hydrazine groups is 2. The first-order valence-electron chi connectivity index (χ1n) is 11.6. The maximum absolute atomic E-state index is 3.53. The van der Waals surface area contributed by atoms with Crippen LogP contribution in [0.2, 0.25) is 0 Å². The fraction of sp³-hybridized carbons (Fsp3) is 1.00. The summed E-state index contributed by atoms with van der Waals surface area (Å²) in [5.74, 6) is 0. The van der Waals surface area contributed by atoms with Gasteiger partial charge in [-0.1, -0.05) is 104 Å². The topological polar surface area (TPSA) is 27.3 Å². The van der Waals surface area contributed by atoms with Crippen molar-refractivity contribution in [3.8, 4) is 0 Å². The van der Waals surface area contributed by atoms with E-state index < -0.39 is 0 Å². The molecular weight excluding hydrogens is 306 g/mol. The van der Waals surface area contributed by atoms with Crippen LogP contribution in [0.3, 0.4) is 0 Å². The Bertz CT molecular complexity index is 211. The molecule has 0 atom stereocenters. The Balaban J connectivity index is 3.28. The first kappa shape index (κ1) is 24.9. The van der Waals surface area contributed by atoms with Gasteiger partial charge in [-0.25, -0.2) is 10.9 Å². The van der Waals surface area contributed by atoms with E-state index >= 15 is 0 Å². The second-order valence-corrected chi connectivity index (χ2v) is 7.51. The summed E-state index contributed by atoms with van der Waals surface area (Å²) in [5, 5.41) is 2.18. The number of unbranched alkanes of at least 4 members (excludes halogenated alkanes) is 14. The van der Waals surface area contributed by atoms with Gasteiger partial charge in [0, 0.05) is 19.6 Å². The van der Waals surface area contributed by atoms with Crippen LogP contribution in [0.25, 0.3) is 0 Å². The fourth-order valence-electron chi connectivity index (χ4n) is 3.23. The van der Waals surface area contributed by atoms with E-state index in [1.165, 1.54) is 103 Å². The van der Waals surface area contributed by atoms with Crippen molar-refractivity contribution in [3.63, 3.8) is 0 Å². The Labute approximate surface area is 159 Å². The Hall–Kier alpha value is -0.120. The predicted molar refractivity (Wildman–Crippen MR) is 114 cm³/mol. The van der Waals surface area contributed by atoms with E-state index in [2.05, 4.69) is 36.7 Å². The van der Waals surface area contributed by atoms with Gasteiger partial charge >= 0.3 is 0 Å². The fourth-order valence-corrected chi connectivity index (χ4v) is 3.23. The van der Waals surface area contributed by atoms with Crippen LogP contribution < -0.4 is 10.9 Å². The van der Waals surface area contributed by atoms with Crippen LogP contribution in [0.15, 0.2) is 0 Å². The highest BCUT2D eigenvalue weighted by molar-refractivity contribution is 4.51. The van der Waals surface area contributed by atoms with Gasteiger partial charge in [-0.05, 0) is 19.8 Å². The van der Waals surface area contributed by atoms with Gasteiger partial charge in [-0.3, -0.25) is 0 Å². The summed E-state index contributed by atoms with van der Waals surface area (Å²) in [7, 11) is 0. The Morgan fingerprint density at radius 2 is 0.760 bits per heavy atom. The van der Waals surface area contributed by atoms with Crippen LogP contribution >= 0.6 is 0 Å². The zero-order valence-electron chi connectivity index (χ0n) is 17.9. The van der Waals surface area contributed by atoms with Gasteiger partial charge in [0.05, 0.1) is 0 Å². The maximum atomic E-state index is 3.53. The molecule has 3 heteroatoms. The summed E-state index contributed by atoms with van der Waals surface area (Å²) in [5.41, 5.74) is 7.06. The van der Waals surface area contributed by atoms with Crippen molar-refractivity contribution in [1.82, 2.24) is 16.0 Å². The molecular formula is C22H49N3. The summed E-state index contributed by atoms with van der Waals surface area (Å²) < 4.78 is 0. The third-order valence-corrected chi connectivity index (χ3v) is 4.98. The monoisotopic (exact) mass is 355 g/mol. The lowest BCUT2D eigenvalue weighted by atomic mass is 10.1. The number of nitrogens with zero attached hydrogens (tertiary/aromatic N) is 1. The largest absolute Gasteiger partial charge is 0.242 e. The van der Waals surface area contributed by atoms with E-state index in [9.17, 15) is 0 Å². The van der Waals surface area contributed by atoms with Crippen molar-refractivity contribution in [1.29, 1.82) is 0 Å². The molecule has 0 spiro atoms. The van der Waals surface area contributed by atoms with Gasteiger partial charge in [0.1, 0.15) is 0 Å². The number of hydrogen-bond donors (Lipinski definition) is 2. The van der Waals surface area contributed by atoms with Gasteiger partial charge in [0.25, 0.3) is 0 Å². The normalized spacial score (nSPS) is 11.5. The lowest BCUT2D eigenvalue weighted by Gasteiger charge is -2.22. The van der Waals surface area contributed by atoms with Crippen LogP contribution in [0.1, 0.15) is 124 Å². The summed E-state index contributed by atoms with van der Waals surface area (Å²) >= 11 is 0. The summed E-state index contributed by atoms with van der Waals surface area (Å²) in [4.78, 5) is 0. The lowest BCUT2D eigenvalue weighted by Crippen LogP contribution is -2.48. The molecule has 0 aliphatic rings. The van der Waals surface area contributed by atoms with Crippen molar-refractivity contribution < 1.29 is 0 Å². The van der Waals surface area contributed by atoms with Gasteiger partial charge in [-0.2, -0.15) is 5.12 Å². The molecule has 25 heavy (non-hydrogen) atoms. The highest BCUT2D eigenvalue weighted by Gasteiger charge is 2.00. The zero-order valence-corrected chi connectivity index (χ0v) is 17.9. The molecule has 0 fully saturated rings. The van der Waals surface area contributed by atoms with Gasteiger partial charge in [0.15, 0.2) is 0 Å². The zero-order chi connectivity index (χ0) is 18.4. The summed E-state index contributed by atoms with van der Waals surface area (Å²) in [6.07, 6.45) is 22.2. The minimum Gasteiger partial charge on any atom is -0.242 e. The summed E-state index contributed by atoms with van der Waals surface area (Å²) in [6, 6.07) is 0. The van der Waals surface area contributed by atoms with Crippen molar-refractivity contribution in [3.05, 3.63) is 0 Å². The van der Waals surface area contributed by atoms with Crippen LogP contribution in [0, 0.1) is 0 Å². The molecule has 2 N–H and O–H groups in total. The van der Waals surface area contributed by atoms with E-state index in [-0.39, 0.29) is 0 Å². The Morgan fingerprint density at radius 1 is 0.440 bits per heavy atom. The molecule has 0 aromatic carbocycles. The van der Waals surface area contributed by atoms with Gasteiger partial charge < -0.3 is 0 Å². The van der Waals surface area contributed by atoms with Crippen molar-refractivity contribution >= 4 is 0 Å². The van der Waals surface area contributed by atoms with Crippen LogP contribution in [0.5, 0.6) is 0 Å². The van der Waals surface area contributed by atoms with Gasteiger partial charge in [-0.15, -0.1) is 0 Å². The minimum absolute atomic E-state index is 1.02. The average molecular weight is 356 g/mol. The molecule has 0 heterocycles. The maximum Gasteiger partial charge on any atom is 0.0259 e. The molecule has 3 nitrogen and oxygen atoms in total. The van der Waals surface area contributed by atoms with E-state index in [1.54, 1.807) is 0 Å². The SMILES string of the molecule is CCCCCCCCCCNN(CC)NCCCCCCCCCC. The van der Waals surface area contributed by atoms with E-state index in [0.717, 1.165) is 19.6 Å². The second kappa shape index (κ2) is 21.9. The Kier molecular flexibility index (Phi) is 21.8. The van der Waals surface area contributed by atoms with E-state index in [1.807, 2.05) is 0 Å². The molecule has 0 aliphatic heterocycles. The summed E-state index contributed by atoms with van der Waals surface area (Å²) in [6.45, 7) is 10.0.